The molecule has 0 unspecified atom stereocenters. The lowest BCUT2D eigenvalue weighted by molar-refractivity contribution is -0.141. The summed E-state index contributed by atoms with van der Waals surface area (Å²) in [6.45, 7) is 0.675. The standard InChI is InChI=1S/C20H26N4O6S/c21-13-15-1-3-16(4-2-15)17-5-9-24(10-6-17)31(29,30)14-20(18(25)22-28)7-11-23(12-8-20)19(26)27/h1-4,17,28H,5-12,14H2,(H,22,25)(H,26,27). The van der Waals surface area contributed by atoms with Crippen molar-refractivity contribution in [1.82, 2.24) is 14.7 Å². The van der Waals surface area contributed by atoms with Crippen LogP contribution < -0.4 is 5.48 Å². The Bertz CT molecular complexity index is 956. The lowest BCUT2D eigenvalue weighted by Gasteiger charge is -2.40. The SMILES string of the molecule is N#Cc1ccc(C2CCN(S(=O)(=O)CC3(C(=O)NO)CCN(C(=O)O)CC3)CC2)cc1. The van der Waals surface area contributed by atoms with Crippen molar-refractivity contribution < 1.29 is 28.3 Å². The van der Waals surface area contributed by atoms with Gasteiger partial charge in [0.15, 0.2) is 0 Å². The molecule has 0 radical (unpaired) electrons. The summed E-state index contributed by atoms with van der Waals surface area (Å²) in [5.41, 5.74) is 1.84. The number of carbonyl (C=O) groups is 2. The molecule has 3 rings (SSSR count). The first-order valence-corrected chi connectivity index (χ1v) is 11.7. The molecule has 11 heteroatoms. The molecule has 0 atom stereocenters. The zero-order chi connectivity index (χ0) is 22.6. The van der Waals surface area contributed by atoms with Gasteiger partial charge in [0.1, 0.15) is 0 Å². The van der Waals surface area contributed by atoms with Crippen LogP contribution in [-0.4, -0.2) is 71.9 Å². The molecule has 2 aliphatic heterocycles. The summed E-state index contributed by atoms with van der Waals surface area (Å²) in [5, 5.41) is 27.2. The van der Waals surface area contributed by atoms with Crippen molar-refractivity contribution >= 4 is 22.0 Å². The number of piperidine rings is 2. The number of benzene rings is 1. The van der Waals surface area contributed by atoms with Crippen LogP contribution in [-0.2, 0) is 14.8 Å². The van der Waals surface area contributed by atoms with Crippen molar-refractivity contribution in [2.75, 3.05) is 31.9 Å². The second-order valence-corrected chi connectivity index (χ2v) is 10.1. The number of sulfonamides is 1. The van der Waals surface area contributed by atoms with Gasteiger partial charge in [-0.1, -0.05) is 12.1 Å². The van der Waals surface area contributed by atoms with E-state index in [1.165, 1.54) is 4.31 Å². The van der Waals surface area contributed by atoms with Gasteiger partial charge in [-0.05, 0) is 49.3 Å². The van der Waals surface area contributed by atoms with Crippen molar-refractivity contribution in [3.63, 3.8) is 0 Å². The summed E-state index contributed by atoms with van der Waals surface area (Å²) in [5.74, 6) is -1.08. The van der Waals surface area contributed by atoms with Crippen molar-refractivity contribution in [1.29, 1.82) is 5.26 Å². The predicted octanol–water partition coefficient (Wildman–Crippen LogP) is 1.33. The third-order valence-electron chi connectivity index (χ3n) is 6.39. The molecular weight excluding hydrogens is 424 g/mol. The van der Waals surface area contributed by atoms with E-state index in [2.05, 4.69) is 6.07 Å². The van der Waals surface area contributed by atoms with Crippen LogP contribution in [0.4, 0.5) is 4.79 Å². The Labute approximate surface area is 181 Å². The molecule has 0 aliphatic carbocycles. The van der Waals surface area contributed by atoms with Crippen molar-refractivity contribution in [3.8, 4) is 6.07 Å². The fourth-order valence-electron chi connectivity index (χ4n) is 4.42. The van der Waals surface area contributed by atoms with E-state index < -0.39 is 33.2 Å². The average Bonchev–Trinajstić information content (AvgIpc) is 2.78. The van der Waals surface area contributed by atoms with Gasteiger partial charge in [0.05, 0.1) is 22.8 Å². The highest BCUT2D eigenvalue weighted by Gasteiger charge is 2.47. The van der Waals surface area contributed by atoms with E-state index in [9.17, 15) is 23.2 Å². The minimum atomic E-state index is -3.80. The zero-order valence-corrected chi connectivity index (χ0v) is 17.8. The van der Waals surface area contributed by atoms with Crippen molar-refractivity contribution in [2.45, 2.75) is 31.6 Å². The number of carboxylic acid groups (broad SMARTS) is 1. The smallest absolute Gasteiger partial charge is 0.407 e. The van der Waals surface area contributed by atoms with E-state index >= 15 is 0 Å². The Kier molecular flexibility index (Phi) is 6.83. The lowest BCUT2D eigenvalue weighted by Crippen LogP contribution is -2.54. The third kappa shape index (κ3) is 4.98. The number of likely N-dealkylation sites (tertiary alicyclic amines) is 1. The number of hydrogen-bond donors (Lipinski definition) is 3. The van der Waals surface area contributed by atoms with Crippen molar-refractivity contribution in [3.05, 3.63) is 35.4 Å². The van der Waals surface area contributed by atoms with Gasteiger partial charge in [0, 0.05) is 26.2 Å². The maximum absolute atomic E-state index is 13.1. The number of hydrogen-bond acceptors (Lipinski definition) is 6. The molecule has 0 spiro atoms. The fraction of sp³-hybridized carbons (Fsp3) is 0.550. The third-order valence-corrected chi connectivity index (χ3v) is 8.46. The van der Waals surface area contributed by atoms with Gasteiger partial charge in [0.2, 0.25) is 10.0 Å². The normalized spacial score (nSPS) is 20.1. The van der Waals surface area contributed by atoms with Crippen LogP contribution in [0.1, 0.15) is 42.7 Å². The topological polar surface area (TPSA) is 151 Å². The highest BCUT2D eigenvalue weighted by atomic mass is 32.2. The number of nitrogens with zero attached hydrogens (tertiary/aromatic N) is 3. The lowest BCUT2D eigenvalue weighted by atomic mass is 9.79. The maximum atomic E-state index is 13.1. The summed E-state index contributed by atoms with van der Waals surface area (Å²) in [4.78, 5) is 24.7. The fourth-order valence-corrected chi connectivity index (χ4v) is 6.49. The van der Waals surface area contributed by atoms with Gasteiger partial charge in [-0.25, -0.2) is 23.0 Å². The first kappa shape index (κ1) is 23.0. The van der Waals surface area contributed by atoms with Crippen LogP contribution in [0.3, 0.4) is 0 Å². The van der Waals surface area contributed by atoms with E-state index in [4.69, 9.17) is 10.4 Å². The number of amides is 2. The summed E-state index contributed by atoms with van der Waals surface area (Å²) >= 11 is 0. The van der Waals surface area contributed by atoms with Crippen LogP contribution in [0.5, 0.6) is 0 Å². The molecular formula is C20H26N4O6S. The van der Waals surface area contributed by atoms with Gasteiger partial charge in [-0.2, -0.15) is 5.26 Å². The molecule has 2 aliphatic rings. The van der Waals surface area contributed by atoms with E-state index in [1.54, 1.807) is 17.6 Å². The molecule has 168 valence electrons. The molecule has 3 N–H and O–H groups in total. The van der Waals surface area contributed by atoms with Crippen molar-refractivity contribution in [2.24, 2.45) is 5.41 Å². The first-order valence-electron chi connectivity index (χ1n) is 10.1. The largest absolute Gasteiger partial charge is 0.465 e. The molecule has 2 fully saturated rings. The molecule has 0 saturated carbocycles. The van der Waals surface area contributed by atoms with E-state index in [-0.39, 0.29) is 31.8 Å². The molecule has 2 heterocycles. The summed E-state index contributed by atoms with van der Waals surface area (Å²) in [6.07, 6.45) is 0.166. The Morgan fingerprint density at radius 2 is 1.71 bits per heavy atom. The Morgan fingerprint density at radius 3 is 2.19 bits per heavy atom. The molecule has 31 heavy (non-hydrogen) atoms. The number of nitriles is 1. The Balaban J connectivity index is 1.67. The van der Waals surface area contributed by atoms with Gasteiger partial charge < -0.3 is 10.0 Å². The molecule has 10 nitrogen and oxygen atoms in total. The second-order valence-electron chi connectivity index (χ2n) is 8.15. The molecule has 0 aromatic heterocycles. The number of carbonyl (C=O) groups excluding carboxylic acids is 1. The number of nitrogens with one attached hydrogen (secondary N) is 1. The average molecular weight is 451 g/mol. The van der Waals surface area contributed by atoms with Gasteiger partial charge in [-0.15, -0.1) is 0 Å². The highest BCUT2D eigenvalue weighted by molar-refractivity contribution is 7.89. The maximum Gasteiger partial charge on any atom is 0.407 e. The molecule has 2 amide bonds. The quantitative estimate of drug-likeness (QED) is 0.452. The Hall–Kier alpha value is -2.68. The van der Waals surface area contributed by atoms with Crippen LogP contribution in [0.15, 0.2) is 24.3 Å². The van der Waals surface area contributed by atoms with E-state index in [0.717, 1.165) is 10.5 Å². The number of rotatable bonds is 5. The van der Waals surface area contributed by atoms with Crippen LogP contribution in [0.25, 0.3) is 0 Å². The van der Waals surface area contributed by atoms with Gasteiger partial charge >= 0.3 is 6.09 Å². The van der Waals surface area contributed by atoms with Crippen LogP contribution in [0.2, 0.25) is 0 Å². The van der Waals surface area contributed by atoms with Gasteiger partial charge in [-0.3, -0.25) is 10.0 Å². The minimum absolute atomic E-state index is 0.0205. The van der Waals surface area contributed by atoms with Gasteiger partial charge in [0.25, 0.3) is 5.91 Å². The minimum Gasteiger partial charge on any atom is -0.465 e. The monoisotopic (exact) mass is 450 g/mol. The molecule has 1 aromatic carbocycles. The zero-order valence-electron chi connectivity index (χ0n) is 17.0. The molecule has 1 aromatic rings. The highest BCUT2D eigenvalue weighted by Crippen LogP contribution is 2.36. The Morgan fingerprint density at radius 1 is 1.13 bits per heavy atom. The van der Waals surface area contributed by atoms with E-state index in [1.807, 2.05) is 12.1 Å². The number of hydroxylamine groups is 1. The molecule has 0 bridgehead atoms. The van der Waals surface area contributed by atoms with Crippen LogP contribution in [0, 0.1) is 16.7 Å². The molecule has 2 saturated heterocycles. The van der Waals surface area contributed by atoms with Crippen LogP contribution >= 0.6 is 0 Å². The summed E-state index contributed by atoms with van der Waals surface area (Å²) < 4.78 is 27.6. The first-order chi connectivity index (χ1) is 14.7. The predicted molar refractivity (Wildman–Crippen MR) is 110 cm³/mol. The van der Waals surface area contributed by atoms with E-state index in [0.29, 0.717) is 31.5 Å². The second kappa shape index (κ2) is 9.21. The summed E-state index contributed by atoms with van der Waals surface area (Å²) in [7, 11) is -3.80. The summed E-state index contributed by atoms with van der Waals surface area (Å²) in [6, 6.07) is 9.36.